The number of hydrazine groups is 1. The van der Waals surface area contributed by atoms with Crippen LogP contribution in [0, 0.1) is 0 Å². The molecule has 130 valence electrons. The highest BCUT2D eigenvalue weighted by atomic mass is 16.6. The van der Waals surface area contributed by atoms with Gasteiger partial charge in [0.25, 0.3) is 5.91 Å². The average molecular weight is 339 g/mol. The van der Waals surface area contributed by atoms with Crippen LogP contribution in [0.4, 0.5) is 11.6 Å². The van der Waals surface area contributed by atoms with Crippen molar-refractivity contribution in [3.63, 3.8) is 0 Å². The van der Waals surface area contributed by atoms with Gasteiger partial charge in [-0.2, -0.15) is 0 Å². The molecule has 3 rings (SSSR count). The van der Waals surface area contributed by atoms with Gasteiger partial charge in [-0.1, -0.05) is 0 Å². The zero-order valence-corrected chi connectivity index (χ0v) is 12.3. The highest BCUT2D eigenvalue weighted by molar-refractivity contribution is 6.13. The summed E-state index contributed by atoms with van der Waals surface area (Å²) in [5.41, 5.74) is 13.6. The van der Waals surface area contributed by atoms with E-state index in [1.165, 1.54) is 4.57 Å². The van der Waals surface area contributed by atoms with E-state index in [0.717, 1.165) is 6.33 Å². The molecule has 0 saturated carbocycles. The van der Waals surface area contributed by atoms with Crippen LogP contribution >= 0.6 is 0 Å². The number of aromatic nitrogens is 3. The number of nitrogens with one attached hydrogen (secondary N) is 1. The highest BCUT2D eigenvalue weighted by Gasteiger charge is 2.45. The molecule has 2 aromatic rings. The zero-order valence-electron chi connectivity index (χ0n) is 12.3. The van der Waals surface area contributed by atoms with Crippen molar-refractivity contribution in [2.75, 3.05) is 17.8 Å². The minimum absolute atomic E-state index is 0.0143. The van der Waals surface area contributed by atoms with Gasteiger partial charge in [-0.3, -0.25) is 9.36 Å². The van der Waals surface area contributed by atoms with Crippen LogP contribution in [0.25, 0.3) is 11.0 Å². The van der Waals surface area contributed by atoms with Crippen LogP contribution < -0.4 is 22.7 Å². The molecule has 2 aromatic heterocycles. The van der Waals surface area contributed by atoms with Crippen molar-refractivity contribution >= 4 is 28.6 Å². The minimum Gasteiger partial charge on any atom is -0.394 e. The second kappa shape index (κ2) is 5.85. The fourth-order valence-electron chi connectivity index (χ4n) is 2.88. The third-order valence-electron chi connectivity index (χ3n) is 3.97. The SMILES string of the molecule is NNc1c(C(N)=O)c2c(N)ncnc2n1[C@@H]1O[C@H](CO)[C@@H](O)[C@H]1O. The molecule has 0 unspecified atom stereocenters. The number of hydrogen-bond donors (Lipinski definition) is 7. The van der Waals surface area contributed by atoms with Gasteiger partial charge >= 0.3 is 0 Å². The van der Waals surface area contributed by atoms with Gasteiger partial charge < -0.3 is 36.9 Å². The predicted molar refractivity (Wildman–Crippen MR) is 81.3 cm³/mol. The van der Waals surface area contributed by atoms with E-state index in [2.05, 4.69) is 15.4 Å². The number of aliphatic hydroxyl groups is 3. The summed E-state index contributed by atoms with van der Waals surface area (Å²) in [4.78, 5) is 19.7. The summed E-state index contributed by atoms with van der Waals surface area (Å²) in [6.07, 6.45) is -3.82. The van der Waals surface area contributed by atoms with Crippen LogP contribution in [-0.4, -0.2) is 60.7 Å². The number of aliphatic hydroxyl groups excluding tert-OH is 3. The first kappa shape index (κ1) is 16.4. The van der Waals surface area contributed by atoms with Crippen molar-refractivity contribution in [1.29, 1.82) is 0 Å². The second-order valence-electron chi connectivity index (χ2n) is 5.29. The van der Waals surface area contributed by atoms with E-state index in [1.54, 1.807) is 0 Å². The molecule has 10 N–H and O–H groups in total. The van der Waals surface area contributed by atoms with E-state index in [-0.39, 0.29) is 28.2 Å². The topological polar surface area (TPSA) is 208 Å². The van der Waals surface area contributed by atoms with Crippen molar-refractivity contribution < 1.29 is 24.9 Å². The predicted octanol–water partition coefficient (Wildman–Crippen LogP) is -2.99. The number of carbonyl (C=O) groups is 1. The van der Waals surface area contributed by atoms with E-state index in [9.17, 15) is 20.1 Å². The number of amides is 1. The number of hydrogen-bond acceptors (Lipinski definition) is 10. The maximum atomic E-state index is 11.9. The van der Waals surface area contributed by atoms with Crippen molar-refractivity contribution in [2.45, 2.75) is 24.5 Å². The molecule has 1 aliphatic heterocycles. The lowest BCUT2D eigenvalue weighted by molar-refractivity contribution is -0.0499. The Morgan fingerprint density at radius 1 is 1.38 bits per heavy atom. The Balaban J connectivity index is 2.29. The molecule has 3 heterocycles. The molecular weight excluding hydrogens is 322 g/mol. The van der Waals surface area contributed by atoms with Crippen LogP contribution in [-0.2, 0) is 4.74 Å². The second-order valence-corrected chi connectivity index (χ2v) is 5.29. The molecule has 1 fully saturated rings. The molecule has 1 amide bonds. The van der Waals surface area contributed by atoms with Gasteiger partial charge in [0.1, 0.15) is 41.9 Å². The Labute approximate surface area is 134 Å². The van der Waals surface area contributed by atoms with E-state index < -0.39 is 37.1 Å². The maximum Gasteiger partial charge on any atom is 0.253 e. The van der Waals surface area contributed by atoms with E-state index in [0.29, 0.717) is 0 Å². The standard InChI is InChI=1S/C12H17N7O5/c13-8-4-5(9(14)23)11(18-15)19(10(4)17-2-16-8)12-7(22)6(21)3(1-20)24-12/h2-3,6-7,12,18,20-22H,1,15H2,(H2,14,23)(H2,13,16,17)/t3-,6-,7-,12-/m1/s1. The number of nitrogen functional groups attached to an aromatic ring is 2. The summed E-state index contributed by atoms with van der Waals surface area (Å²) >= 11 is 0. The summed E-state index contributed by atoms with van der Waals surface area (Å²) in [7, 11) is 0. The number of ether oxygens (including phenoxy) is 1. The Morgan fingerprint density at radius 3 is 2.62 bits per heavy atom. The monoisotopic (exact) mass is 339 g/mol. The number of nitrogens with zero attached hydrogens (tertiary/aromatic N) is 3. The third-order valence-corrected chi connectivity index (χ3v) is 3.97. The number of fused-ring (bicyclic) bond motifs is 1. The lowest BCUT2D eigenvalue weighted by Crippen LogP contribution is -2.33. The van der Waals surface area contributed by atoms with Gasteiger partial charge in [0.05, 0.1) is 17.6 Å². The lowest BCUT2D eigenvalue weighted by Gasteiger charge is -2.20. The van der Waals surface area contributed by atoms with Crippen LogP contribution in [0.15, 0.2) is 6.33 Å². The van der Waals surface area contributed by atoms with Crippen LogP contribution in [0.3, 0.4) is 0 Å². The summed E-state index contributed by atoms with van der Waals surface area (Å²) in [6, 6.07) is 0. The van der Waals surface area contributed by atoms with Gasteiger partial charge in [0.15, 0.2) is 6.23 Å². The van der Waals surface area contributed by atoms with E-state index in [4.69, 9.17) is 22.0 Å². The van der Waals surface area contributed by atoms with Gasteiger partial charge in [-0.05, 0) is 0 Å². The fraction of sp³-hybridized carbons (Fsp3) is 0.417. The number of primary amides is 1. The number of anilines is 2. The molecule has 0 radical (unpaired) electrons. The largest absolute Gasteiger partial charge is 0.394 e. The first-order valence-corrected chi connectivity index (χ1v) is 6.95. The quantitative estimate of drug-likeness (QED) is 0.222. The lowest BCUT2D eigenvalue weighted by atomic mass is 10.1. The molecule has 12 nitrogen and oxygen atoms in total. The molecule has 4 atom stereocenters. The van der Waals surface area contributed by atoms with Gasteiger partial charge in [-0.25, -0.2) is 15.8 Å². The molecule has 0 aromatic carbocycles. The minimum atomic E-state index is -1.42. The zero-order chi connectivity index (χ0) is 17.6. The number of carbonyl (C=O) groups excluding carboxylic acids is 1. The highest BCUT2D eigenvalue weighted by Crippen LogP contribution is 2.39. The summed E-state index contributed by atoms with van der Waals surface area (Å²) in [6.45, 7) is -0.515. The van der Waals surface area contributed by atoms with E-state index in [1.807, 2.05) is 0 Å². The summed E-state index contributed by atoms with van der Waals surface area (Å²) in [5, 5.41) is 29.6. The Kier molecular flexibility index (Phi) is 3.98. The van der Waals surface area contributed by atoms with Crippen LogP contribution in [0.2, 0.25) is 0 Å². The molecule has 0 aliphatic carbocycles. The fourth-order valence-corrected chi connectivity index (χ4v) is 2.88. The van der Waals surface area contributed by atoms with Gasteiger partial charge in [0.2, 0.25) is 0 Å². The number of nitrogens with two attached hydrogens (primary N) is 3. The number of rotatable bonds is 4. The Morgan fingerprint density at radius 2 is 2.08 bits per heavy atom. The molecule has 24 heavy (non-hydrogen) atoms. The molecule has 1 aliphatic rings. The molecule has 0 spiro atoms. The smallest absolute Gasteiger partial charge is 0.253 e. The molecular formula is C12H17N7O5. The Hall–Kier alpha value is -2.51. The first-order chi connectivity index (χ1) is 11.4. The molecule has 12 heteroatoms. The molecule has 1 saturated heterocycles. The average Bonchev–Trinajstić information content (AvgIpc) is 3.03. The van der Waals surface area contributed by atoms with E-state index >= 15 is 0 Å². The third kappa shape index (κ3) is 2.16. The summed E-state index contributed by atoms with van der Waals surface area (Å²) in [5.74, 6) is 4.62. The Bertz CT molecular complexity index is 794. The maximum absolute atomic E-state index is 11.9. The van der Waals surface area contributed by atoms with Crippen LogP contribution in [0.5, 0.6) is 0 Å². The van der Waals surface area contributed by atoms with Crippen molar-refractivity contribution in [3.05, 3.63) is 11.9 Å². The van der Waals surface area contributed by atoms with Crippen molar-refractivity contribution in [2.24, 2.45) is 11.6 Å². The van der Waals surface area contributed by atoms with Crippen molar-refractivity contribution in [3.8, 4) is 0 Å². The van der Waals surface area contributed by atoms with Crippen molar-refractivity contribution in [1.82, 2.24) is 14.5 Å². The molecule has 0 bridgehead atoms. The normalized spacial score (nSPS) is 26.8. The van der Waals surface area contributed by atoms with Gasteiger partial charge in [-0.15, -0.1) is 0 Å². The van der Waals surface area contributed by atoms with Gasteiger partial charge in [0, 0.05) is 0 Å². The summed E-state index contributed by atoms with van der Waals surface area (Å²) < 4.78 is 6.72. The first-order valence-electron chi connectivity index (χ1n) is 6.95. The van der Waals surface area contributed by atoms with Crippen LogP contribution in [0.1, 0.15) is 16.6 Å².